The molecule has 12 heteroatoms. The summed E-state index contributed by atoms with van der Waals surface area (Å²) in [6.07, 6.45) is -10.2. The largest absolute Gasteiger partial charge is 0.484 e. The summed E-state index contributed by atoms with van der Waals surface area (Å²) in [5.41, 5.74) is 1.44. The fraction of sp³-hybridized carbons (Fsp3) is 0.280. The van der Waals surface area contributed by atoms with E-state index < -0.39 is 37.6 Å². The maximum absolute atomic E-state index is 13.3. The molecule has 37 heavy (non-hydrogen) atoms. The number of hydrogen-bond acceptors (Lipinski definition) is 5. The van der Waals surface area contributed by atoms with Gasteiger partial charge in [-0.25, -0.2) is 4.98 Å². The fourth-order valence-electron chi connectivity index (χ4n) is 3.80. The van der Waals surface area contributed by atoms with Crippen molar-refractivity contribution in [2.24, 2.45) is 0 Å². The van der Waals surface area contributed by atoms with E-state index in [1.165, 1.54) is 60.4 Å². The second-order valence-corrected chi connectivity index (χ2v) is 8.29. The zero-order valence-electron chi connectivity index (χ0n) is 19.2. The van der Waals surface area contributed by atoms with E-state index in [-0.39, 0.29) is 40.6 Å². The lowest BCUT2D eigenvalue weighted by Gasteiger charge is -2.17. The second kappa shape index (κ2) is 9.92. The molecule has 1 aliphatic heterocycles. The highest BCUT2D eigenvalue weighted by Crippen LogP contribution is 2.39. The highest BCUT2D eigenvalue weighted by Gasteiger charge is 2.34. The topological polar surface area (TPSA) is 71.9 Å². The Morgan fingerprint density at radius 1 is 0.946 bits per heavy atom. The number of ether oxygens (including phenoxy) is 2. The molecule has 0 fully saturated rings. The number of rotatable bonds is 7. The van der Waals surface area contributed by atoms with Crippen molar-refractivity contribution in [2.75, 3.05) is 18.1 Å². The molecule has 2 heterocycles. The molecule has 3 aromatic rings. The van der Waals surface area contributed by atoms with Crippen LogP contribution in [-0.4, -0.2) is 41.6 Å². The Kier molecular flexibility index (Phi) is 7.05. The monoisotopic (exact) mass is 526 g/mol. The molecule has 1 aromatic heterocycles. The zero-order valence-corrected chi connectivity index (χ0v) is 19.2. The number of benzene rings is 2. The van der Waals surface area contributed by atoms with Gasteiger partial charge in [-0.3, -0.25) is 4.79 Å². The molecule has 0 bridgehead atoms. The van der Waals surface area contributed by atoms with Gasteiger partial charge in [-0.1, -0.05) is 12.1 Å². The highest BCUT2D eigenvalue weighted by molar-refractivity contribution is 6.11. The molecule has 0 saturated heterocycles. The average molecular weight is 526 g/mol. The van der Waals surface area contributed by atoms with Gasteiger partial charge in [0.2, 0.25) is 0 Å². The summed E-state index contributed by atoms with van der Waals surface area (Å²) in [6.45, 7) is -1.59. The predicted molar refractivity (Wildman–Crippen MR) is 120 cm³/mol. The van der Waals surface area contributed by atoms with Crippen LogP contribution in [0.25, 0.3) is 11.3 Å². The number of aliphatic hydroxyl groups is 1. The third kappa shape index (κ3) is 6.13. The number of para-hydroxylation sites is 1. The van der Waals surface area contributed by atoms with E-state index in [0.29, 0.717) is 11.3 Å². The first-order chi connectivity index (χ1) is 17.3. The maximum atomic E-state index is 13.3. The molecular weight excluding hydrogens is 506 g/mol. The number of anilines is 1. The van der Waals surface area contributed by atoms with Crippen molar-refractivity contribution in [3.05, 3.63) is 71.4 Å². The normalized spacial score (nSPS) is 14.5. The van der Waals surface area contributed by atoms with Crippen LogP contribution in [0.2, 0.25) is 0 Å². The van der Waals surface area contributed by atoms with Crippen molar-refractivity contribution in [1.29, 1.82) is 0 Å². The van der Waals surface area contributed by atoms with Crippen LogP contribution < -0.4 is 14.4 Å². The number of halogens is 6. The number of carbonyl (C=O) groups is 1. The van der Waals surface area contributed by atoms with Gasteiger partial charge >= 0.3 is 12.4 Å². The minimum atomic E-state index is -4.58. The maximum Gasteiger partial charge on any atom is 0.422 e. The summed E-state index contributed by atoms with van der Waals surface area (Å²) in [7, 11) is 0. The molecule has 6 nitrogen and oxygen atoms in total. The number of hydrogen-bond donors (Lipinski definition) is 1. The molecular formula is C25H20F6N2O4. The molecule has 0 radical (unpaired) electrons. The number of carbonyl (C=O) groups excluding carboxylic acids is 1. The van der Waals surface area contributed by atoms with Crippen LogP contribution in [-0.2, 0) is 6.54 Å². The summed E-state index contributed by atoms with van der Waals surface area (Å²) >= 11 is 0. The molecule has 0 unspecified atom stereocenters. The van der Waals surface area contributed by atoms with Crippen LogP contribution in [0.15, 0.2) is 54.6 Å². The number of aliphatic hydroxyl groups excluding tert-OH is 1. The third-order valence-electron chi connectivity index (χ3n) is 5.45. The van der Waals surface area contributed by atoms with Crippen LogP contribution in [0.1, 0.15) is 34.6 Å². The van der Waals surface area contributed by atoms with Crippen molar-refractivity contribution in [3.8, 4) is 22.8 Å². The molecule has 2 aromatic carbocycles. The van der Waals surface area contributed by atoms with Crippen LogP contribution in [0.5, 0.6) is 11.5 Å². The number of fused-ring (bicyclic) bond motifs is 1. The van der Waals surface area contributed by atoms with E-state index in [0.717, 1.165) is 0 Å². The summed E-state index contributed by atoms with van der Waals surface area (Å²) in [5.74, 6) is -0.618. The molecule has 0 aliphatic carbocycles. The number of nitrogens with zero attached hydrogens (tertiary/aromatic N) is 2. The molecule has 1 aliphatic rings. The highest BCUT2D eigenvalue weighted by atomic mass is 19.4. The quantitative estimate of drug-likeness (QED) is 0.392. The Labute approximate surface area is 207 Å². The van der Waals surface area contributed by atoms with Crippen LogP contribution in [0.4, 0.5) is 32.0 Å². The lowest BCUT2D eigenvalue weighted by Crippen LogP contribution is -2.23. The van der Waals surface area contributed by atoms with Gasteiger partial charge < -0.3 is 19.5 Å². The van der Waals surface area contributed by atoms with E-state index in [1.54, 1.807) is 6.07 Å². The summed E-state index contributed by atoms with van der Waals surface area (Å²) in [4.78, 5) is 19.1. The third-order valence-corrected chi connectivity index (χ3v) is 5.45. The standard InChI is InChI=1S/C25H20F6N2O4/c1-14(34)20-10-18-19(22(32-20)17-4-2-3-5-21(17)37-13-25(29,30)31)11-33(23(18)35)15-6-8-16(9-7-15)36-12-24(26,27)28/h2-10,14,34H,11-13H2,1H3/t14-/m1/s1. The zero-order chi connectivity index (χ0) is 27.0. The summed E-state index contributed by atoms with van der Waals surface area (Å²) in [6, 6.07) is 12.7. The van der Waals surface area contributed by atoms with Crippen LogP contribution in [0.3, 0.4) is 0 Å². The molecule has 1 amide bonds. The van der Waals surface area contributed by atoms with Crippen molar-refractivity contribution in [1.82, 2.24) is 4.98 Å². The Bertz CT molecular complexity index is 1290. The van der Waals surface area contributed by atoms with Gasteiger partial charge in [0.1, 0.15) is 11.5 Å². The molecule has 196 valence electrons. The Balaban J connectivity index is 1.70. The summed E-state index contributed by atoms with van der Waals surface area (Å²) < 4.78 is 85.3. The minimum Gasteiger partial charge on any atom is -0.484 e. The number of aromatic nitrogens is 1. The Morgan fingerprint density at radius 2 is 1.57 bits per heavy atom. The van der Waals surface area contributed by atoms with Gasteiger partial charge in [0.15, 0.2) is 13.2 Å². The Morgan fingerprint density at radius 3 is 2.19 bits per heavy atom. The van der Waals surface area contributed by atoms with Gasteiger partial charge in [-0.2, -0.15) is 26.3 Å². The first-order valence-corrected chi connectivity index (χ1v) is 10.9. The number of alkyl halides is 6. The SMILES string of the molecule is C[C@@H](O)c1cc2c(c(-c3ccccc3OCC(F)(F)F)n1)CN(c1ccc(OCC(F)(F)F)cc1)C2=O. The van der Waals surface area contributed by atoms with E-state index in [1.807, 2.05) is 0 Å². The van der Waals surface area contributed by atoms with Crippen molar-refractivity contribution < 1.29 is 45.7 Å². The molecule has 4 rings (SSSR count). The van der Waals surface area contributed by atoms with Gasteiger partial charge in [0.25, 0.3) is 5.91 Å². The molecule has 0 saturated carbocycles. The fourth-order valence-corrected chi connectivity index (χ4v) is 3.80. The molecule has 0 spiro atoms. The van der Waals surface area contributed by atoms with Gasteiger partial charge in [-0.15, -0.1) is 0 Å². The molecule has 1 N–H and O–H groups in total. The number of amides is 1. The van der Waals surface area contributed by atoms with E-state index >= 15 is 0 Å². The Hall–Kier alpha value is -3.80. The van der Waals surface area contributed by atoms with E-state index in [2.05, 4.69) is 4.98 Å². The van der Waals surface area contributed by atoms with E-state index in [9.17, 15) is 36.2 Å². The first kappa shape index (κ1) is 26.3. The van der Waals surface area contributed by atoms with Crippen molar-refractivity contribution >= 4 is 11.6 Å². The average Bonchev–Trinajstić information content (AvgIpc) is 3.17. The smallest absolute Gasteiger partial charge is 0.422 e. The van der Waals surface area contributed by atoms with Crippen LogP contribution >= 0.6 is 0 Å². The lowest BCUT2D eigenvalue weighted by molar-refractivity contribution is -0.154. The lowest BCUT2D eigenvalue weighted by atomic mass is 10.00. The first-order valence-electron chi connectivity index (χ1n) is 10.9. The van der Waals surface area contributed by atoms with Gasteiger partial charge in [-0.05, 0) is 49.4 Å². The van der Waals surface area contributed by atoms with Crippen LogP contribution in [0, 0.1) is 0 Å². The number of pyridine rings is 1. The molecule has 1 atom stereocenters. The minimum absolute atomic E-state index is 0.0209. The predicted octanol–water partition coefficient (Wildman–Crippen LogP) is 5.84. The second-order valence-electron chi connectivity index (χ2n) is 8.29. The van der Waals surface area contributed by atoms with E-state index in [4.69, 9.17) is 9.47 Å². The van der Waals surface area contributed by atoms with Gasteiger partial charge in [0, 0.05) is 22.4 Å². The van der Waals surface area contributed by atoms with Crippen molar-refractivity contribution in [3.63, 3.8) is 0 Å². The van der Waals surface area contributed by atoms with Gasteiger partial charge in [0.05, 0.1) is 24.0 Å². The summed E-state index contributed by atoms with van der Waals surface area (Å²) in [5, 5.41) is 10.2. The van der Waals surface area contributed by atoms with Crippen molar-refractivity contribution in [2.45, 2.75) is 31.9 Å².